The zero-order valence-corrected chi connectivity index (χ0v) is 13.7. The Labute approximate surface area is 137 Å². The molecular formula is C17H17N3O2S. The highest BCUT2D eigenvalue weighted by atomic mass is 32.1. The van der Waals surface area contributed by atoms with Crippen molar-refractivity contribution in [3.63, 3.8) is 0 Å². The highest BCUT2D eigenvalue weighted by Gasteiger charge is 2.14. The lowest BCUT2D eigenvalue weighted by Gasteiger charge is -2.08. The summed E-state index contributed by atoms with van der Waals surface area (Å²) in [4.78, 5) is 24.2. The first kappa shape index (κ1) is 15.3. The Bertz CT molecular complexity index is 879. The van der Waals surface area contributed by atoms with Crippen LogP contribution < -0.4 is 10.6 Å². The summed E-state index contributed by atoms with van der Waals surface area (Å²) in [6.45, 7) is 1.89. The molecule has 23 heavy (non-hydrogen) atoms. The predicted octanol–water partition coefficient (Wildman–Crippen LogP) is 2.92. The first-order valence-electron chi connectivity index (χ1n) is 7.22. The van der Waals surface area contributed by atoms with E-state index in [1.165, 1.54) is 0 Å². The number of carbonyl (C=O) groups excluding carboxylic acids is 2. The molecule has 2 amide bonds. The van der Waals surface area contributed by atoms with Crippen LogP contribution >= 0.6 is 11.3 Å². The molecule has 0 radical (unpaired) electrons. The van der Waals surface area contributed by atoms with Crippen molar-refractivity contribution in [2.75, 3.05) is 11.9 Å². The Morgan fingerprint density at radius 1 is 1.22 bits per heavy atom. The molecule has 2 aromatic heterocycles. The maximum atomic E-state index is 12.2. The molecular weight excluding hydrogens is 310 g/mol. The summed E-state index contributed by atoms with van der Waals surface area (Å²) in [5, 5.41) is 7.41. The highest BCUT2D eigenvalue weighted by molar-refractivity contribution is 7.17. The van der Waals surface area contributed by atoms with E-state index >= 15 is 0 Å². The lowest BCUT2D eigenvalue weighted by atomic mass is 10.2. The van der Waals surface area contributed by atoms with Gasteiger partial charge in [-0.15, -0.1) is 11.3 Å². The van der Waals surface area contributed by atoms with Crippen molar-refractivity contribution in [2.24, 2.45) is 7.05 Å². The van der Waals surface area contributed by atoms with Gasteiger partial charge in [-0.3, -0.25) is 9.59 Å². The van der Waals surface area contributed by atoms with Crippen molar-refractivity contribution in [1.29, 1.82) is 0 Å². The van der Waals surface area contributed by atoms with Gasteiger partial charge >= 0.3 is 0 Å². The number of anilines is 1. The minimum Gasteiger partial charge on any atom is -0.342 e. The van der Waals surface area contributed by atoms with E-state index in [1.807, 2.05) is 60.3 Å². The van der Waals surface area contributed by atoms with E-state index in [4.69, 9.17) is 0 Å². The number of hydrogen-bond acceptors (Lipinski definition) is 3. The Balaban J connectivity index is 1.61. The number of aryl methyl sites for hydroxylation is 2. The van der Waals surface area contributed by atoms with Crippen LogP contribution in [0.3, 0.4) is 0 Å². The second-order valence-corrected chi connectivity index (χ2v) is 6.31. The maximum Gasteiger partial charge on any atom is 0.268 e. The van der Waals surface area contributed by atoms with Crippen LogP contribution in [0, 0.1) is 6.92 Å². The Morgan fingerprint density at radius 3 is 2.78 bits per heavy atom. The third kappa shape index (κ3) is 3.27. The normalized spacial score (nSPS) is 10.7. The molecule has 0 bridgehead atoms. The molecule has 0 fully saturated rings. The zero-order chi connectivity index (χ0) is 16.4. The van der Waals surface area contributed by atoms with Crippen LogP contribution in [0.15, 0.2) is 41.8 Å². The van der Waals surface area contributed by atoms with Gasteiger partial charge in [-0.1, -0.05) is 12.1 Å². The molecule has 0 aliphatic heterocycles. The second kappa shape index (κ2) is 6.26. The smallest absolute Gasteiger partial charge is 0.268 e. The number of carbonyl (C=O) groups is 2. The van der Waals surface area contributed by atoms with Crippen LogP contribution in [0.1, 0.15) is 16.1 Å². The fourth-order valence-electron chi connectivity index (χ4n) is 2.45. The highest BCUT2D eigenvalue weighted by Crippen LogP contribution is 2.23. The number of fused-ring (bicyclic) bond motifs is 1. The second-order valence-electron chi connectivity index (χ2n) is 5.36. The molecule has 2 N–H and O–H groups in total. The van der Waals surface area contributed by atoms with E-state index in [1.54, 1.807) is 11.3 Å². The minimum absolute atomic E-state index is 0.0639. The Hall–Kier alpha value is -2.60. The van der Waals surface area contributed by atoms with Crippen molar-refractivity contribution in [3.05, 3.63) is 53.0 Å². The molecule has 118 valence electrons. The zero-order valence-electron chi connectivity index (χ0n) is 12.9. The van der Waals surface area contributed by atoms with Gasteiger partial charge in [0.15, 0.2) is 0 Å². The van der Waals surface area contributed by atoms with Crippen LogP contribution in [0.4, 0.5) is 5.69 Å². The van der Waals surface area contributed by atoms with E-state index in [9.17, 15) is 9.59 Å². The average Bonchev–Trinajstić information content (AvgIpc) is 3.08. The fraction of sp³-hybridized carbons (Fsp3) is 0.176. The molecule has 0 saturated carbocycles. The summed E-state index contributed by atoms with van der Waals surface area (Å²) in [5.74, 6) is -0.504. The summed E-state index contributed by atoms with van der Waals surface area (Å²) < 4.78 is 2.89. The third-order valence-electron chi connectivity index (χ3n) is 3.61. The topological polar surface area (TPSA) is 63.1 Å². The van der Waals surface area contributed by atoms with E-state index in [0.717, 1.165) is 21.5 Å². The van der Waals surface area contributed by atoms with Crippen LogP contribution in [-0.4, -0.2) is 22.9 Å². The van der Waals surface area contributed by atoms with Crippen LogP contribution in [0.5, 0.6) is 0 Å². The van der Waals surface area contributed by atoms with Crippen molar-refractivity contribution < 1.29 is 9.59 Å². The van der Waals surface area contributed by atoms with Gasteiger partial charge in [0.05, 0.1) is 16.8 Å². The standard InChI is InChI=1S/C17H17N3O2S/c1-11-4-3-5-12(8-11)19-16(21)10-18-17(22)14-9-15-13(20(14)2)6-7-23-15/h3-9H,10H2,1-2H3,(H,18,22)(H,19,21). The first-order valence-corrected chi connectivity index (χ1v) is 8.10. The van der Waals surface area contributed by atoms with Gasteiger partial charge in [0.25, 0.3) is 5.91 Å². The molecule has 3 aromatic rings. The lowest BCUT2D eigenvalue weighted by molar-refractivity contribution is -0.115. The van der Waals surface area contributed by atoms with Gasteiger partial charge < -0.3 is 15.2 Å². The van der Waals surface area contributed by atoms with Gasteiger partial charge in [-0.2, -0.15) is 0 Å². The molecule has 2 heterocycles. The lowest BCUT2D eigenvalue weighted by Crippen LogP contribution is -2.33. The monoisotopic (exact) mass is 327 g/mol. The minimum atomic E-state index is -0.254. The van der Waals surface area contributed by atoms with Gasteiger partial charge in [0.2, 0.25) is 5.91 Å². The SMILES string of the molecule is Cc1cccc(NC(=O)CNC(=O)c2cc3sccc3n2C)c1. The third-order valence-corrected chi connectivity index (χ3v) is 4.46. The molecule has 0 unspecified atom stereocenters. The molecule has 3 rings (SSSR count). The molecule has 0 aliphatic rings. The van der Waals surface area contributed by atoms with Crippen LogP contribution in [0.25, 0.3) is 10.2 Å². The summed E-state index contributed by atoms with van der Waals surface area (Å²) in [6.07, 6.45) is 0. The van der Waals surface area contributed by atoms with Crippen molar-refractivity contribution in [3.8, 4) is 0 Å². The van der Waals surface area contributed by atoms with E-state index in [2.05, 4.69) is 10.6 Å². The number of hydrogen-bond donors (Lipinski definition) is 2. The van der Waals surface area contributed by atoms with E-state index in [0.29, 0.717) is 5.69 Å². The number of amides is 2. The number of thiophene rings is 1. The molecule has 0 spiro atoms. The van der Waals surface area contributed by atoms with Gasteiger partial charge in [-0.25, -0.2) is 0 Å². The molecule has 5 nitrogen and oxygen atoms in total. The predicted molar refractivity (Wildman–Crippen MR) is 92.9 cm³/mol. The molecule has 0 saturated heterocycles. The summed E-state index contributed by atoms with van der Waals surface area (Å²) in [7, 11) is 1.84. The van der Waals surface area contributed by atoms with E-state index in [-0.39, 0.29) is 18.4 Å². The summed E-state index contributed by atoms with van der Waals surface area (Å²) in [5.41, 5.74) is 3.36. The quantitative estimate of drug-likeness (QED) is 0.774. The average molecular weight is 327 g/mol. The number of nitrogens with zero attached hydrogens (tertiary/aromatic N) is 1. The Kier molecular flexibility index (Phi) is 4.16. The number of rotatable bonds is 4. The van der Waals surface area contributed by atoms with Crippen molar-refractivity contribution in [1.82, 2.24) is 9.88 Å². The van der Waals surface area contributed by atoms with Crippen LogP contribution in [0.2, 0.25) is 0 Å². The van der Waals surface area contributed by atoms with Gasteiger partial charge in [-0.05, 0) is 42.1 Å². The molecule has 6 heteroatoms. The van der Waals surface area contributed by atoms with Crippen molar-refractivity contribution >= 4 is 39.1 Å². The number of nitrogens with one attached hydrogen (secondary N) is 2. The molecule has 0 atom stereocenters. The Morgan fingerprint density at radius 2 is 2.04 bits per heavy atom. The van der Waals surface area contributed by atoms with Crippen LogP contribution in [-0.2, 0) is 11.8 Å². The first-order chi connectivity index (χ1) is 11.0. The maximum absolute atomic E-state index is 12.2. The van der Waals surface area contributed by atoms with Gasteiger partial charge in [0.1, 0.15) is 5.69 Å². The summed E-state index contributed by atoms with van der Waals surface area (Å²) in [6, 6.07) is 11.3. The van der Waals surface area contributed by atoms with Crippen molar-refractivity contribution in [2.45, 2.75) is 6.92 Å². The fourth-order valence-corrected chi connectivity index (χ4v) is 3.30. The number of aromatic nitrogens is 1. The molecule has 0 aliphatic carbocycles. The molecule has 1 aromatic carbocycles. The number of benzene rings is 1. The van der Waals surface area contributed by atoms with E-state index < -0.39 is 0 Å². The summed E-state index contributed by atoms with van der Waals surface area (Å²) >= 11 is 1.59. The van der Waals surface area contributed by atoms with Gasteiger partial charge in [0, 0.05) is 12.7 Å². The largest absolute Gasteiger partial charge is 0.342 e.